The summed E-state index contributed by atoms with van der Waals surface area (Å²) in [4.78, 5) is 12.1. The number of nitrogens with one attached hydrogen (secondary N) is 2. The van der Waals surface area contributed by atoms with Gasteiger partial charge in [0.2, 0.25) is 5.91 Å². The van der Waals surface area contributed by atoms with E-state index in [9.17, 15) is 4.79 Å². The van der Waals surface area contributed by atoms with Gasteiger partial charge in [0, 0.05) is 18.2 Å². The maximum atomic E-state index is 12.1. The second kappa shape index (κ2) is 6.55. The molecule has 0 radical (unpaired) electrons. The first kappa shape index (κ1) is 13.1. The maximum absolute atomic E-state index is 12.1. The summed E-state index contributed by atoms with van der Waals surface area (Å²) in [5, 5.41) is 6.13. The number of carbonyl (C=O) groups excluding carboxylic acids is 1. The van der Waals surface area contributed by atoms with Gasteiger partial charge < -0.3 is 10.6 Å². The van der Waals surface area contributed by atoms with Crippen molar-refractivity contribution in [2.24, 2.45) is 5.92 Å². The molecule has 1 aromatic carbocycles. The molecule has 2 N–H and O–H groups in total. The van der Waals surface area contributed by atoms with E-state index < -0.39 is 0 Å². The van der Waals surface area contributed by atoms with E-state index in [-0.39, 0.29) is 11.8 Å². The number of hydrogen-bond acceptors (Lipinski definition) is 2. The van der Waals surface area contributed by atoms with Gasteiger partial charge in [-0.25, -0.2) is 0 Å². The summed E-state index contributed by atoms with van der Waals surface area (Å²) in [5.41, 5.74) is 2.14. The zero-order valence-electron chi connectivity index (χ0n) is 11.0. The third-order valence-electron chi connectivity index (χ3n) is 3.58. The van der Waals surface area contributed by atoms with Crippen LogP contribution in [0.25, 0.3) is 0 Å². The first-order valence-electron chi connectivity index (χ1n) is 6.84. The van der Waals surface area contributed by atoms with Gasteiger partial charge in [-0.2, -0.15) is 0 Å². The van der Waals surface area contributed by atoms with Gasteiger partial charge in [0.1, 0.15) is 0 Å². The van der Waals surface area contributed by atoms with Crippen molar-refractivity contribution in [1.29, 1.82) is 0 Å². The molecular weight excluding hydrogens is 224 g/mol. The summed E-state index contributed by atoms with van der Waals surface area (Å²) in [6.45, 7) is 0.858. The van der Waals surface area contributed by atoms with Crippen molar-refractivity contribution in [3.63, 3.8) is 0 Å². The Morgan fingerprint density at radius 2 is 1.83 bits per heavy atom. The molecule has 98 valence electrons. The summed E-state index contributed by atoms with van der Waals surface area (Å²) >= 11 is 0. The van der Waals surface area contributed by atoms with Gasteiger partial charge in [-0.05, 0) is 37.6 Å². The number of amides is 1. The van der Waals surface area contributed by atoms with Crippen LogP contribution in [0, 0.1) is 5.92 Å². The molecule has 0 atom stereocenters. The van der Waals surface area contributed by atoms with Crippen LogP contribution >= 0.6 is 0 Å². The van der Waals surface area contributed by atoms with Crippen molar-refractivity contribution in [2.45, 2.75) is 38.6 Å². The Hall–Kier alpha value is -1.35. The second-order valence-corrected chi connectivity index (χ2v) is 5.05. The van der Waals surface area contributed by atoms with E-state index in [0.29, 0.717) is 0 Å². The zero-order valence-corrected chi connectivity index (χ0v) is 11.0. The number of hydrogen-bond donors (Lipinski definition) is 2. The van der Waals surface area contributed by atoms with Gasteiger partial charge in [-0.1, -0.05) is 31.4 Å². The average Bonchev–Trinajstić information content (AvgIpc) is 2.42. The standard InChI is InChI=1S/C15H22N2O/c1-16-11-12-7-9-14(10-8-12)17-15(18)13-5-3-2-4-6-13/h7-10,13,16H,2-6,11H2,1H3,(H,17,18). The minimum absolute atomic E-state index is 0.191. The van der Waals surface area contributed by atoms with E-state index >= 15 is 0 Å². The van der Waals surface area contributed by atoms with Crippen LogP contribution in [-0.2, 0) is 11.3 Å². The Kier molecular flexibility index (Phi) is 4.76. The average molecular weight is 246 g/mol. The fraction of sp³-hybridized carbons (Fsp3) is 0.533. The highest BCUT2D eigenvalue weighted by atomic mass is 16.1. The molecule has 0 spiro atoms. The number of anilines is 1. The van der Waals surface area contributed by atoms with Crippen molar-refractivity contribution in [1.82, 2.24) is 5.32 Å². The third kappa shape index (κ3) is 3.57. The van der Waals surface area contributed by atoms with E-state index in [1.807, 2.05) is 31.3 Å². The number of rotatable bonds is 4. The van der Waals surface area contributed by atoms with Crippen LogP contribution in [0.3, 0.4) is 0 Å². The monoisotopic (exact) mass is 246 g/mol. The smallest absolute Gasteiger partial charge is 0.227 e. The minimum atomic E-state index is 0.191. The molecule has 1 amide bonds. The maximum Gasteiger partial charge on any atom is 0.227 e. The number of benzene rings is 1. The zero-order chi connectivity index (χ0) is 12.8. The first-order valence-corrected chi connectivity index (χ1v) is 6.84. The Morgan fingerprint density at radius 1 is 1.17 bits per heavy atom. The summed E-state index contributed by atoms with van der Waals surface area (Å²) < 4.78 is 0. The Labute approximate surface area is 109 Å². The first-order chi connectivity index (χ1) is 8.79. The summed E-state index contributed by atoms with van der Waals surface area (Å²) in [6.07, 6.45) is 5.76. The molecule has 3 heteroatoms. The molecule has 18 heavy (non-hydrogen) atoms. The predicted molar refractivity (Wildman–Crippen MR) is 74.4 cm³/mol. The second-order valence-electron chi connectivity index (χ2n) is 5.05. The summed E-state index contributed by atoms with van der Waals surface area (Å²) in [5.74, 6) is 0.409. The van der Waals surface area contributed by atoms with Crippen molar-refractivity contribution >= 4 is 11.6 Å². The Balaban J connectivity index is 1.89. The lowest BCUT2D eigenvalue weighted by Crippen LogP contribution is -2.24. The predicted octanol–water partition coefficient (Wildman–Crippen LogP) is 2.92. The molecule has 1 aliphatic carbocycles. The molecule has 0 saturated heterocycles. The van der Waals surface area contributed by atoms with Crippen molar-refractivity contribution < 1.29 is 4.79 Å². The lowest BCUT2D eigenvalue weighted by molar-refractivity contribution is -0.120. The molecule has 0 aliphatic heterocycles. The van der Waals surface area contributed by atoms with E-state index in [2.05, 4.69) is 10.6 Å². The van der Waals surface area contributed by atoms with Gasteiger partial charge in [-0.15, -0.1) is 0 Å². The van der Waals surface area contributed by atoms with Crippen molar-refractivity contribution in [2.75, 3.05) is 12.4 Å². The van der Waals surface area contributed by atoms with E-state index in [0.717, 1.165) is 25.1 Å². The molecule has 0 heterocycles. The fourth-order valence-electron chi connectivity index (χ4n) is 2.52. The van der Waals surface area contributed by atoms with Gasteiger partial charge in [0.05, 0.1) is 0 Å². The van der Waals surface area contributed by atoms with Gasteiger partial charge >= 0.3 is 0 Å². The van der Waals surface area contributed by atoms with Crippen LogP contribution in [0.2, 0.25) is 0 Å². The molecule has 0 aromatic heterocycles. The topological polar surface area (TPSA) is 41.1 Å². The molecule has 1 aromatic rings. The highest BCUT2D eigenvalue weighted by molar-refractivity contribution is 5.92. The summed E-state index contributed by atoms with van der Waals surface area (Å²) in [7, 11) is 1.93. The van der Waals surface area contributed by atoms with Gasteiger partial charge in [0.15, 0.2) is 0 Å². The molecule has 0 unspecified atom stereocenters. The molecule has 1 saturated carbocycles. The van der Waals surface area contributed by atoms with E-state index in [4.69, 9.17) is 0 Å². The lowest BCUT2D eigenvalue weighted by atomic mass is 9.88. The van der Waals surface area contributed by atoms with Crippen molar-refractivity contribution in [3.8, 4) is 0 Å². The Morgan fingerprint density at radius 3 is 2.44 bits per heavy atom. The largest absolute Gasteiger partial charge is 0.326 e. The normalized spacial score (nSPS) is 16.5. The SMILES string of the molecule is CNCc1ccc(NC(=O)C2CCCCC2)cc1. The summed E-state index contributed by atoms with van der Waals surface area (Å²) in [6, 6.07) is 8.06. The highest BCUT2D eigenvalue weighted by Gasteiger charge is 2.20. The van der Waals surface area contributed by atoms with Gasteiger partial charge in [-0.3, -0.25) is 4.79 Å². The molecule has 2 rings (SSSR count). The lowest BCUT2D eigenvalue weighted by Gasteiger charge is -2.20. The molecular formula is C15H22N2O. The molecule has 1 fully saturated rings. The minimum Gasteiger partial charge on any atom is -0.326 e. The van der Waals surface area contributed by atoms with Crippen LogP contribution in [0.5, 0.6) is 0 Å². The van der Waals surface area contributed by atoms with Crippen LogP contribution in [0.1, 0.15) is 37.7 Å². The quantitative estimate of drug-likeness (QED) is 0.857. The highest BCUT2D eigenvalue weighted by Crippen LogP contribution is 2.24. The fourth-order valence-corrected chi connectivity index (χ4v) is 2.52. The van der Waals surface area contributed by atoms with Crippen LogP contribution in [-0.4, -0.2) is 13.0 Å². The van der Waals surface area contributed by atoms with Crippen LogP contribution in [0.15, 0.2) is 24.3 Å². The molecule has 3 nitrogen and oxygen atoms in total. The van der Waals surface area contributed by atoms with Crippen molar-refractivity contribution in [3.05, 3.63) is 29.8 Å². The number of carbonyl (C=O) groups is 1. The van der Waals surface area contributed by atoms with Crippen LogP contribution < -0.4 is 10.6 Å². The third-order valence-corrected chi connectivity index (χ3v) is 3.58. The van der Waals surface area contributed by atoms with E-state index in [1.165, 1.54) is 24.8 Å². The van der Waals surface area contributed by atoms with E-state index in [1.54, 1.807) is 0 Å². The Bertz CT molecular complexity index is 380. The van der Waals surface area contributed by atoms with Crippen LogP contribution in [0.4, 0.5) is 5.69 Å². The van der Waals surface area contributed by atoms with Gasteiger partial charge in [0.25, 0.3) is 0 Å². The molecule has 0 bridgehead atoms. The molecule has 1 aliphatic rings.